The van der Waals surface area contributed by atoms with Crippen LogP contribution in [0.25, 0.3) is 0 Å². The lowest BCUT2D eigenvalue weighted by Crippen LogP contribution is -2.74. The molecule has 0 aromatic carbocycles. The van der Waals surface area contributed by atoms with E-state index in [0.717, 1.165) is 0 Å². The number of aliphatic hydroxyl groups is 1. The van der Waals surface area contributed by atoms with E-state index >= 15 is 0 Å². The molecule has 0 saturated carbocycles. The van der Waals surface area contributed by atoms with E-state index in [2.05, 4.69) is 9.47 Å². The lowest BCUT2D eigenvalue weighted by molar-refractivity contribution is -0.501. The van der Waals surface area contributed by atoms with E-state index < -0.39 is 48.3 Å². The van der Waals surface area contributed by atoms with Crippen molar-refractivity contribution in [3.8, 4) is 0 Å². The molecule has 136 valence electrons. The van der Waals surface area contributed by atoms with Gasteiger partial charge < -0.3 is 19.3 Å². The molecule has 0 aromatic rings. The van der Waals surface area contributed by atoms with E-state index in [4.69, 9.17) is 4.74 Å². The first-order chi connectivity index (χ1) is 10.1. The number of esters is 1. The van der Waals surface area contributed by atoms with Crippen LogP contribution in [0.1, 0.15) is 34.1 Å². The molecule has 1 saturated heterocycles. The zero-order valence-corrected chi connectivity index (χ0v) is 13.1. The van der Waals surface area contributed by atoms with E-state index in [1.165, 1.54) is 13.8 Å². The summed E-state index contributed by atoms with van der Waals surface area (Å²) in [5.74, 6) is -10.5. The minimum Gasteiger partial charge on any atom is -0.462 e. The van der Waals surface area contributed by atoms with Gasteiger partial charge in [-0.05, 0) is 27.2 Å². The Morgan fingerprint density at radius 3 is 2.22 bits per heavy atom. The number of alkyl halides is 5. The fourth-order valence-corrected chi connectivity index (χ4v) is 1.72. The highest BCUT2D eigenvalue weighted by Crippen LogP contribution is 2.52. The van der Waals surface area contributed by atoms with Crippen molar-refractivity contribution in [3.63, 3.8) is 0 Å². The topological polar surface area (TPSA) is 65.0 Å². The van der Waals surface area contributed by atoms with Crippen LogP contribution in [0.15, 0.2) is 0 Å². The molecule has 0 aliphatic carbocycles. The van der Waals surface area contributed by atoms with Gasteiger partial charge in [0.2, 0.25) is 0 Å². The van der Waals surface area contributed by atoms with Gasteiger partial charge in [0.15, 0.2) is 12.4 Å². The number of carbonyl (C=O) groups excluding carboxylic acids is 1. The molecule has 1 rings (SSSR count). The molecular formula is C13H19F5O5. The fraction of sp³-hybridized carbons (Fsp3) is 0.923. The largest absolute Gasteiger partial charge is 0.462 e. The second kappa shape index (κ2) is 5.82. The standard InChI is InChI=1S/C13H19F5O5/c1-5-9(2,3)8(19)21-6-10(4)11(14,15)12(20,13(16,17)18)23-7-22-10/h20H,5-7H2,1-4H3. The van der Waals surface area contributed by atoms with Gasteiger partial charge in [-0.25, -0.2) is 0 Å². The SMILES string of the molecule is CCC(C)(C)C(=O)OCC1(C)OCOC(O)(C(F)(F)F)C1(F)F. The van der Waals surface area contributed by atoms with E-state index in [1.807, 2.05) is 0 Å². The van der Waals surface area contributed by atoms with Crippen molar-refractivity contribution < 1.29 is 46.1 Å². The van der Waals surface area contributed by atoms with Crippen molar-refractivity contribution in [2.75, 3.05) is 13.4 Å². The van der Waals surface area contributed by atoms with Crippen molar-refractivity contribution in [2.24, 2.45) is 5.41 Å². The summed E-state index contributed by atoms with van der Waals surface area (Å²) in [6, 6.07) is 0. The lowest BCUT2D eigenvalue weighted by Gasteiger charge is -2.48. The molecule has 0 radical (unpaired) electrons. The Labute approximate surface area is 129 Å². The molecule has 2 atom stereocenters. The van der Waals surface area contributed by atoms with Crippen molar-refractivity contribution in [1.82, 2.24) is 0 Å². The highest BCUT2D eigenvalue weighted by Gasteiger charge is 2.79. The summed E-state index contributed by atoms with van der Waals surface area (Å²) in [4.78, 5) is 11.8. The molecule has 10 heteroatoms. The molecule has 1 N–H and O–H groups in total. The van der Waals surface area contributed by atoms with Crippen LogP contribution in [-0.4, -0.2) is 48.0 Å². The Hall–Kier alpha value is -1.00. The highest BCUT2D eigenvalue weighted by molar-refractivity contribution is 5.75. The molecule has 2 unspecified atom stereocenters. The quantitative estimate of drug-likeness (QED) is 0.624. The molecular weight excluding hydrogens is 331 g/mol. The number of carbonyl (C=O) groups is 1. The van der Waals surface area contributed by atoms with Crippen molar-refractivity contribution in [2.45, 2.75) is 57.6 Å². The van der Waals surface area contributed by atoms with Crippen LogP contribution in [0.3, 0.4) is 0 Å². The zero-order valence-electron chi connectivity index (χ0n) is 13.1. The Bertz CT molecular complexity index is 464. The first-order valence-corrected chi connectivity index (χ1v) is 6.77. The second-order valence-corrected chi connectivity index (χ2v) is 6.17. The highest BCUT2D eigenvalue weighted by atomic mass is 19.4. The van der Waals surface area contributed by atoms with Gasteiger partial charge in [0.25, 0.3) is 0 Å². The number of hydrogen-bond donors (Lipinski definition) is 1. The average Bonchev–Trinajstić information content (AvgIpc) is 2.41. The molecule has 0 bridgehead atoms. The molecule has 5 nitrogen and oxygen atoms in total. The van der Waals surface area contributed by atoms with E-state index in [9.17, 15) is 31.9 Å². The summed E-state index contributed by atoms with van der Waals surface area (Å²) in [7, 11) is 0. The van der Waals surface area contributed by atoms with Gasteiger partial charge in [0.05, 0.1) is 5.41 Å². The van der Waals surface area contributed by atoms with Crippen LogP contribution in [0.4, 0.5) is 22.0 Å². The maximum absolute atomic E-state index is 14.2. The zero-order chi connectivity index (χ0) is 18.3. The number of halogens is 5. The molecule has 1 aliphatic rings. The van der Waals surface area contributed by atoms with Crippen LogP contribution >= 0.6 is 0 Å². The summed E-state index contributed by atoms with van der Waals surface area (Å²) >= 11 is 0. The van der Waals surface area contributed by atoms with Gasteiger partial charge in [-0.3, -0.25) is 4.79 Å². The van der Waals surface area contributed by atoms with Crippen molar-refractivity contribution >= 4 is 5.97 Å². The third-order valence-electron chi connectivity index (χ3n) is 4.03. The third kappa shape index (κ3) is 3.16. The summed E-state index contributed by atoms with van der Waals surface area (Å²) in [6.07, 6.45) is -5.44. The van der Waals surface area contributed by atoms with Gasteiger partial charge in [0, 0.05) is 0 Å². The maximum Gasteiger partial charge on any atom is 0.449 e. The second-order valence-electron chi connectivity index (χ2n) is 6.17. The summed E-state index contributed by atoms with van der Waals surface area (Å²) < 4.78 is 79.8. The minimum absolute atomic E-state index is 0.329. The van der Waals surface area contributed by atoms with Crippen molar-refractivity contribution in [3.05, 3.63) is 0 Å². The first-order valence-electron chi connectivity index (χ1n) is 6.77. The Morgan fingerprint density at radius 1 is 1.26 bits per heavy atom. The molecule has 1 heterocycles. The molecule has 23 heavy (non-hydrogen) atoms. The van der Waals surface area contributed by atoms with Gasteiger partial charge in [-0.2, -0.15) is 22.0 Å². The summed E-state index contributed by atoms with van der Waals surface area (Å²) in [5.41, 5.74) is -3.91. The van der Waals surface area contributed by atoms with Crippen LogP contribution in [0.5, 0.6) is 0 Å². The Kier molecular flexibility index (Phi) is 5.07. The first kappa shape index (κ1) is 20.0. The van der Waals surface area contributed by atoms with Crippen LogP contribution in [0, 0.1) is 5.41 Å². The molecule has 1 fully saturated rings. The van der Waals surface area contributed by atoms with Gasteiger partial charge in [0.1, 0.15) is 6.61 Å². The summed E-state index contributed by atoms with van der Waals surface area (Å²) in [5, 5.41) is 9.32. The molecule has 0 amide bonds. The van der Waals surface area contributed by atoms with Gasteiger partial charge in [-0.15, -0.1) is 0 Å². The maximum atomic E-state index is 14.2. The number of rotatable bonds is 4. The molecule has 1 aliphatic heterocycles. The summed E-state index contributed by atoms with van der Waals surface area (Å²) in [6.45, 7) is 2.84. The average molecular weight is 350 g/mol. The van der Waals surface area contributed by atoms with Crippen LogP contribution in [0.2, 0.25) is 0 Å². The van der Waals surface area contributed by atoms with E-state index in [-0.39, 0.29) is 0 Å². The molecule has 0 aromatic heterocycles. The number of ether oxygens (including phenoxy) is 3. The van der Waals surface area contributed by atoms with Crippen molar-refractivity contribution in [1.29, 1.82) is 0 Å². The predicted molar refractivity (Wildman–Crippen MR) is 66.4 cm³/mol. The third-order valence-corrected chi connectivity index (χ3v) is 4.03. The van der Waals surface area contributed by atoms with Gasteiger partial charge in [-0.1, -0.05) is 6.92 Å². The van der Waals surface area contributed by atoms with Gasteiger partial charge >= 0.3 is 23.9 Å². The smallest absolute Gasteiger partial charge is 0.449 e. The number of hydrogen-bond acceptors (Lipinski definition) is 5. The lowest BCUT2D eigenvalue weighted by atomic mass is 9.88. The van der Waals surface area contributed by atoms with Crippen LogP contribution in [-0.2, 0) is 19.0 Å². The Morgan fingerprint density at radius 2 is 1.78 bits per heavy atom. The monoisotopic (exact) mass is 350 g/mol. The fourth-order valence-electron chi connectivity index (χ4n) is 1.72. The predicted octanol–water partition coefficient (Wildman–Crippen LogP) is 2.62. The van der Waals surface area contributed by atoms with E-state index in [1.54, 1.807) is 6.92 Å². The van der Waals surface area contributed by atoms with E-state index in [0.29, 0.717) is 13.3 Å². The Balaban J connectivity index is 3.03. The minimum atomic E-state index is -5.77. The molecule has 0 spiro atoms. The normalized spacial score (nSPS) is 31.7. The van der Waals surface area contributed by atoms with Crippen LogP contribution < -0.4 is 0 Å².